The van der Waals surface area contributed by atoms with Crippen LogP contribution >= 0.6 is 23.1 Å². The van der Waals surface area contributed by atoms with Gasteiger partial charge in [-0.05, 0) is 42.7 Å². The lowest BCUT2D eigenvalue weighted by molar-refractivity contribution is -0.113. The fourth-order valence-corrected chi connectivity index (χ4v) is 4.05. The molecular weight excluding hydrogens is 336 g/mol. The van der Waals surface area contributed by atoms with Crippen LogP contribution in [0.3, 0.4) is 0 Å². The van der Waals surface area contributed by atoms with Gasteiger partial charge in [0, 0.05) is 4.90 Å². The minimum atomic E-state index is -0.0193. The second-order valence-corrected chi connectivity index (χ2v) is 7.65. The lowest BCUT2D eigenvalue weighted by atomic mass is 10.1. The van der Waals surface area contributed by atoms with Gasteiger partial charge in [0.05, 0.1) is 16.0 Å². The highest BCUT2D eigenvalue weighted by molar-refractivity contribution is 8.00. The van der Waals surface area contributed by atoms with Crippen LogP contribution in [-0.4, -0.2) is 16.6 Å². The molecule has 0 saturated heterocycles. The molecule has 0 atom stereocenters. The Balaban J connectivity index is 1.61. The number of anilines is 1. The van der Waals surface area contributed by atoms with Crippen molar-refractivity contribution in [1.29, 1.82) is 0 Å². The predicted molar refractivity (Wildman–Crippen MR) is 104 cm³/mol. The number of benzene rings is 2. The smallest absolute Gasteiger partial charge is 0.236 e. The van der Waals surface area contributed by atoms with Gasteiger partial charge in [-0.15, -0.1) is 11.8 Å². The van der Waals surface area contributed by atoms with Gasteiger partial charge in [0.25, 0.3) is 0 Å². The van der Waals surface area contributed by atoms with Gasteiger partial charge in [-0.3, -0.25) is 4.79 Å². The molecule has 3 rings (SSSR count). The number of rotatable bonds is 7. The second-order valence-electron chi connectivity index (χ2n) is 5.57. The molecule has 0 radical (unpaired) electrons. The van der Waals surface area contributed by atoms with Crippen molar-refractivity contribution in [2.45, 2.75) is 31.1 Å². The molecular formula is C19H20N2OS2. The third-order valence-corrected chi connectivity index (χ3v) is 5.58. The average Bonchev–Trinajstić information content (AvgIpc) is 3.00. The maximum atomic E-state index is 12.1. The van der Waals surface area contributed by atoms with Crippen LogP contribution in [0.4, 0.5) is 5.13 Å². The highest BCUT2D eigenvalue weighted by Gasteiger charge is 2.09. The lowest BCUT2D eigenvalue weighted by Crippen LogP contribution is -2.13. The normalized spacial score (nSPS) is 10.9. The van der Waals surface area contributed by atoms with Crippen molar-refractivity contribution in [3.63, 3.8) is 0 Å². The van der Waals surface area contributed by atoms with Crippen molar-refractivity contribution >= 4 is 44.4 Å². The van der Waals surface area contributed by atoms with E-state index in [1.807, 2.05) is 36.4 Å². The summed E-state index contributed by atoms with van der Waals surface area (Å²) in [7, 11) is 0. The first-order chi connectivity index (χ1) is 11.7. The summed E-state index contributed by atoms with van der Waals surface area (Å²) in [5.41, 5.74) is 2.29. The molecule has 24 heavy (non-hydrogen) atoms. The van der Waals surface area contributed by atoms with E-state index in [1.165, 1.54) is 30.2 Å². The number of fused-ring (bicyclic) bond motifs is 1. The lowest BCUT2D eigenvalue weighted by Gasteiger charge is -2.01. The Kier molecular flexibility index (Phi) is 5.88. The topological polar surface area (TPSA) is 42.0 Å². The maximum absolute atomic E-state index is 12.1. The molecule has 0 saturated carbocycles. The summed E-state index contributed by atoms with van der Waals surface area (Å²) >= 11 is 3.07. The second kappa shape index (κ2) is 8.31. The van der Waals surface area contributed by atoms with Crippen molar-refractivity contribution in [3.05, 3.63) is 54.1 Å². The number of amides is 1. The van der Waals surface area contributed by atoms with Gasteiger partial charge >= 0.3 is 0 Å². The van der Waals surface area contributed by atoms with Crippen molar-refractivity contribution in [3.8, 4) is 0 Å². The number of hydrogen-bond donors (Lipinski definition) is 1. The highest BCUT2D eigenvalue weighted by Crippen LogP contribution is 2.27. The maximum Gasteiger partial charge on any atom is 0.236 e. The number of carbonyl (C=O) groups excluding carboxylic acids is 1. The van der Waals surface area contributed by atoms with E-state index in [0.29, 0.717) is 10.9 Å². The monoisotopic (exact) mass is 356 g/mol. The number of thiazole rings is 1. The molecule has 3 aromatic rings. The number of aryl methyl sites for hydroxylation is 1. The number of aromatic nitrogens is 1. The van der Waals surface area contributed by atoms with E-state index in [9.17, 15) is 4.79 Å². The zero-order chi connectivity index (χ0) is 16.8. The van der Waals surface area contributed by atoms with Crippen LogP contribution in [0.2, 0.25) is 0 Å². The minimum Gasteiger partial charge on any atom is -0.301 e. The Labute approximate surface area is 150 Å². The molecule has 2 aromatic carbocycles. The van der Waals surface area contributed by atoms with E-state index >= 15 is 0 Å². The summed E-state index contributed by atoms with van der Waals surface area (Å²) in [6.07, 6.45) is 3.49. The minimum absolute atomic E-state index is 0.0193. The molecule has 0 aliphatic carbocycles. The molecule has 1 aromatic heterocycles. The van der Waals surface area contributed by atoms with Crippen LogP contribution in [0.25, 0.3) is 10.2 Å². The third-order valence-electron chi connectivity index (χ3n) is 3.63. The molecule has 1 amide bonds. The van der Waals surface area contributed by atoms with Crippen LogP contribution in [0.1, 0.15) is 25.3 Å². The zero-order valence-corrected chi connectivity index (χ0v) is 15.3. The number of carbonyl (C=O) groups is 1. The summed E-state index contributed by atoms with van der Waals surface area (Å²) < 4.78 is 1.13. The van der Waals surface area contributed by atoms with E-state index in [0.717, 1.165) is 21.5 Å². The molecule has 1 N–H and O–H groups in total. The van der Waals surface area contributed by atoms with Crippen molar-refractivity contribution in [1.82, 2.24) is 4.98 Å². The quantitative estimate of drug-likeness (QED) is 0.579. The van der Waals surface area contributed by atoms with Gasteiger partial charge in [-0.25, -0.2) is 4.98 Å². The summed E-state index contributed by atoms with van der Waals surface area (Å²) in [4.78, 5) is 17.7. The molecule has 3 nitrogen and oxygen atoms in total. The van der Waals surface area contributed by atoms with E-state index in [-0.39, 0.29) is 5.91 Å². The fourth-order valence-electron chi connectivity index (χ4n) is 2.38. The van der Waals surface area contributed by atoms with Gasteiger partial charge in [0.15, 0.2) is 5.13 Å². The van der Waals surface area contributed by atoms with Crippen LogP contribution in [0, 0.1) is 0 Å². The highest BCUT2D eigenvalue weighted by atomic mass is 32.2. The molecule has 0 aliphatic rings. The van der Waals surface area contributed by atoms with E-state index in [1.54, 1.807) is 11.3 Å². The van der Waals surface area contributed by atoms with Crippen LogP contribution in [0.15, 0.2) is 53.4 Å². The first-order valence-corrected chi connectivity index (χ1v) is 9.92. The SMILES string of the molecule is CCCCc1ccc2nc(NC(=O)CSc3ccccc3)sc2c1. The Morgan fingerprint density at radius 1 is 1.21 bits per heavy atom. The summed E-state index contributed by atoms with van der Waals surface area (Å²) in [6, 6.07) is 16.3. The van der Waals surface area contributed by atoms with E-state index < -0.39 is 0 Å². The molecule has 5 heteroatoms. The molecule has 0 aliphatic heterocycles. The number of nitrogens with one attached hydrogen (secondary N) is 1. The average molecular weight is 357 g/mol. The Morgan fingerprint density at radius 2 is 2.04 bits per heavy atom. The molecule has 1 heterocycles. The number of nitrogens with zero attached hydrogens (tertiary/aromatic N) is 1. The van der Waals surface area contributed by atoms with Gasteiger partial charge in [0.1, 0.15) is 0 Å². The fraction of sp³-hybridized carbons (Fsp3) is 0.263. The molecule has 124 valence electrons. The molecule has 0 fully saturated rings. The van der Waals surface area contributed by atoms with E-state index in [4.69, 9.17) is 0 Å². The number of thioether (sulfide) groups is 1. The van der Waals surface area contributed by atoms with Crippen LogP contribution in [-0.2, 0) is 11.2 Å². The Morgan fingerprint density at radius 3 is 2.83 bits per heavy atom. The van der Waals surface area contributed by atoms with Gasteiger partial charge < -0.3 is 5.32 Å². The summed E-state index contributed by atoms with van der Waals surface area (Å²) in [6.45, 7) is 2.20. The Hall–Kier alpha value is -1.85. The molecule has 0 unspecified atom stereocenters. The van der Waals surface area contributed by atoms with Gasteiger partial charge in [-0.2, -0.15) is 0 Å². The predicted octanol–water partition coefficient (Wildman–Crippen LogP) is 5.37. The van der Waals surface area contributed by atoms with Crippen molar-refractivity contribution < 1.29 is 4.79 Å². The largest absolute Gasteiger partial charge is 0.301 e. The first kappa shape index (κ1) is 17.0. The van der Waals surface area contributed by atoms with Gasteiger partial charge in [-0.1, -0.05) is 48.9 Å². The number of hydrogen-bond acceptors (Lipinski definition) is 4. The Bertz CT molecular complexity index is 815. The van der Waals surface area contributed by atoms with Crippen molar-refractivity contribution in [2.75, 3.05) is 11.1 Å². The molecule has 0 bridgehead atoms. The summed E-state index contributed by atoms with van der Waals surface area (Å²) in [5.74, 6) is 0.371. The molecule has 0 spiro atoms. The number of unbranched alkanes of at least 4 members (excludes halogenated alkanes) is 1. The van der Waals surface area contributed by atoms with Crippen molar-refractivity contribution in [2.24, 2.45) is 0 Å². The third kappa shape index (κ3) is 4.58. The standard InChI is InChI=1S/C19H20N2OS2/c1-2-3-7-14-10-11-16-17(12-14)24-19(20-16)21-18(22)13-23-15-8-5-4-6-9-15/h4-6,8-12H,2-3,7,13H2,1H3,(H,20,21,22). The summed E-state index contributed by atoms with van der Waals surface area (Å²) in [5, 5.41) is 3.59. The van der Waals surface area contributed by atoms with Crippen LogP contribution in [0.5, 0.6) is 0 Å². The van der Waals surface area contributed by atoms with E-state index in [2.05, 4.69) is 29.4 Å². The van der Waals surface area contributed by atoms with Gasteiger partial charge in [0.2, 0.25) is 5.91 Å². The first-order valence-electron chi connectivity index (χ1n) is 8.12. The van der Waals surface area contributed by atoms with Crippen LogP contribution < -0.4 is 5.32 Å². The zero-order valence-electron chi connectivity index (χ0n) is 13.6.